The molecule has 16 heavy (non-hydrogen) atoms. The number of likely N-dealkylation sites (tertiary alicyclic amines) is 1. The van der Waals surface area contributed by atoms with Crippen LogP contribution in [0.2, 0.25) is 0 Å². The zero-order valence-electron chi connectivity index (χ0n) is 10.6. The van der Waals surface area contributed by atoms with Gasteiger partial charge in [0.15, 0.2) is 0 Å². The van der Waals surface area contributed by atoms with Crippen molar-refractivity contribution in [2.45, 2.75) is 38.1 Å². The van der Waals surface area contributed by atoms with Crippen LogP contribution in [0.25, 0.3) is 0 Å². The Hall–Kier alpha value is 0.270. The minimum atomic E-state index is 0.817. The summed E-state index contributed by atoms with van der Waals surface area (Å²) in [5.41, 5.74) is 0. The predicted molar refractivity (Wildman–Crippen MR) is 73.2 cm³/mol. The second-order valence-electron chi connectivity index (χ2n) is 5.31. The van der Waals surface area contributed by atoms with Gasteiger partial charge in [0, 0.05) is 6.04 Å². The first-order valence-electron chi connectivity index (χ1n) is 6.83. The number of rotatable bonds is 7. The Balaban J connectivity index is 1.51. The summed E-state index contributed by atoms with van der Waals surface area (Å²) in [7, 11) is 0. The van der Waals surface area contributed by atoms with E-state index < -0.39 is 0 Å². The molecule has 94 valence electrons. The highest BCUT2D eigenvalue weighted by Gasteiger charge is 2.24. The molecule has 0 unspecified atom stereocenters. The predicted octanol–water partition coefficient (Wildman–Crippen LogP) is 2.20. The van der Waals surface area contributed by atoms with Gasteiger partial charge in [-0.05, 0) is 76.2 Å². The van der Waals surface area contributed by atoms with Gasteiger partial charge in [-0.1, -0.05) is 0 Å². The smallest absolute Gasteiger partial charge is 0.00915 e. The van der Waals surface area contributed by atoms with Crippen molar-refractivity contribution in [2.24, 2.45) is 5.92 Å². The Morgan fingerprint density at radius 3 is 2.56 bits per heavy atom. The van der Waals surface area contributed by atoms with Crippen molar-refractivity contribution in [2.75, 3.05) is 38.2 Å². The zero-order chi connectivity index (χ0) is 11.2. The maximum Gasteiger partial charge on any atom is 0.00915 e. The number of piperidine rings is 1. The minimum Gasteiger partial charge on any atom is -0.314 e. The fourth-order valence-electron chi connectivity index (χ4n) is 2.45. The summed E-state index contributed by atoms with van der Waals surface area (Å²) in [5, 5.41) is 3.74. The molecule has 2 aliphatic rings. The van der Waals surface area contributed by atoms with E-state index in [9.17, 15) is 0 Å². The van der Waals surface area contributed by atoms with Crippen LogP contribution in [0.5, 0.6) is 0 Å². The summed E-state index contributed by atoms with van der Waals surface area (Å²) in [6, 6.07) is 0.817. The first-order chi connectivity index (χ1) is 7.88. The van der Waals surface area contributed by atoms with E-state index in [0.717, 1.165) is 12.0 Å². The second-order valence-corrected chi connectivity index (χ2v) is 6.30. The maximum absolute atomic E-state index is 3.74. The van der Waals surface area contributed by atoms with Gasteiger partial charge in [-0.25, -0.2) is 0 Å². The normalized spacial score (nSPS) is 23.8. The van der Waals surface area contributed by atoms with E-state index in [-0.39, 0.29) is 0 Å². The SMILES string of the molecule is CSCCCN1CCC(NCC2CC2)CC1. The van der Waals surface area contributed by atoms with Crippen molar-refractivity contribution in [1.82, 2.24) is 10.2 Å². The van der Waals surface area contributed by atoms with Gasteiger partial charge in [0.25, 0.3) is 0 Å². The molecule has 0 amide bonds. The maximum atomic E-state index is 3.74. The standard InChI is InChI=1S/C13H26N2S/c1-16-10-2-7-15-8-5-13(6-9-15)14-11-12-3-4-12/h12-14H,2-11H2,1H3. The van der Waals surface area contributed by atoms with Crippen LogP contribution in [0.4, 0.5) is 0 Å². The van der Waals surface area contributed by atoms with Crippen molar-refractivity contribution < 1.29 is 0 Å². The van der Waals surface area contributed by atoms with E-state index in [4.69, 9.17) is 0 Å². The number of nitrogens with one attached hydrogen (secondary N) is 1. The summed E-state index contributed by atoms with van der Waals surface area (Å²) < 4.78 is 0. The molecule has 1 saturated heterocycles. The molecule has 0 aromatic heterocycles. The molecule has 0 aromatic rings. The van der Waals surface area contributed by atoms with Gasteiger partial charge in [0.05, 0.1) is 0 Å². The van der Waals surface area contributed by atoms with E-state index >= 15 is 0 Å². The Bertz CT molecular complexity index is 186. The number of hydrogen-bond acceptors (Lipinski definition) is 3. The molecule has 0 radical (unpaired) electrons. The molecule has 0 spiro atoms. The monoisotopic (exact) mass is 242 g/mol. The first-order valence-corrected chi connectivity index (χ1v) is 8.22. The lowest BCUT2D eigenvalue weighted by atomic mass is 10.0. The summed E-state index contributed by atoms with van der Waals surface area (Å²) in [6.07, 6.45) is 9.24. The van der Waals surface area contributed by atoms with Crippen molar-refractivity contribution >= 4 is 11.8 Å². The fraction of sp³-hybridized carbons (Fsp3) is 1.00. The van der Waals surface area contributed by atoms with Crippen LogP contribution in [0, 0.1) is 5.92 Å². The van der Waals surface area contributed by atoms with Gasteiger partial charge in [-0.15, -0.1) is 0 Å². The van der Waals surface area contributed by atoms with E-state index in [1.807, 2.05) is 11.8 Å². The van der Waals surface area contributed by atoms with Crippen molar-refractivity contribution in [1.29, 1.82) is 0 Å². The number of thioether (sulfide) groups is 1. The lowest BCUT2D eigenvalue weighted by Crippen LogP contribution is -2.43. The highest BCUT2D eigenvalue weighted by Crippen LogP contribution is 2.28. The molecule has 0 atom stereocenters. The van der Waals surface area contributed by atoms with Gasteiger partial charge < -0.3 is 10.2 Å². The third-order valence-electron chi connectivity index (χ3n) is 3.80. The minimum absolute atomic E-state index is 0.817. The quantitative estimate of drug-likeness (QED) is 0.689. The van der Waals surface area contributed by atoms with Crippen molar-refractivity contribution in [3.63, 3.8) is 0 Å². The molecule has 1 saturated carbocycles. The molecule has 2 rings (SSSR count). The van der Waals surface area contributed by atoms with Gasteiger partial charge >= 0.3 is 0 Å². The molecule has 1 N–H and O–H groups in total. The molecule has 1 aliphatic carbocycles. The summed E-state index contributed by atoms with van der Waals surface area (Å²) in [4.78, 5) is 2.64. The van der Waals surface area contributed by atoms with Crippen LogP contribution in [-0.2, 0) is 0 Å². The van der Waals surface area contributed by atoms with E-state index in [2.05, 4.69) is 16.5 Å². The van der Waals surface area contributed by atoms with Crippen LogP contribution in [0.3, 0.4) is 0 Å². The van der Waals surface area contributed by atoms with Gasteiger partial charge in [0.2, 0.25) is 0 Å². The van der Waals surface area contributed by atoms with E-state index in [1.54, 1.807) is 0 Å². The first kappa shape index (κ1) is 12.7. The Morgan fingerprint density at radius 2 is 1.94 bits per heavy atom. The topological polar surface area (TPSA) is 15.3 Å². The number of hydrogen-bond donors (Lipinski definition) is 1. The Kier molecular flexibility index (Phi) is 5.46. The molecule has 1 aliphatic heterocycles. The van der Waals surface area contributed by atoms with Crippen molar-refractivity contribution in [3.05, 3.63) is 0 Å². The zero-order valence-corrected chi connectivity index (χ0v) is 11.4. The van der Waals surface area contributed by atoms with Crippen LogP contribution < -0.4 is 5.32 Å². The summed E-state index contributed by atoms with van der Waals surface area (Å²) >= 11 is 1.97. The molecular formula is C13H26N2S. The van der Waals surface area contributed by atoms with Crippen molar-refractivity contribution in [3.8, 4) is 0 Å². The molecule has 2 nitrogen and oxygen atoms in total. The van der Waals surface area contributed by atoms with E-state index in [0.29, 0.717) is 0 Å². The van der Waals surface area contributed by atoms with Gasteiger partial charge in [-0.3, -0.25) is 0 Å². The molecule has 3 heteroatoms. The highest BCUT2D eigenvalue weighted by atomic mass is 32.2. The van der Waals surface area contributed by atoms with Crippen LogP contribution in [-0.4, -0.2) is 49.1 Å². The largest absolute Gasteiger partial charge is 0.314 e. The Morgan fingerprint density at radius 1 is 1.19 bits per heavy atom. The second kappa shape index (κ2) is 6.87. The molecular weight excluding hydrogens is 216 g/mol. The lowest BCUT2D eigenvalue weighted by Gasteiger charge is -2.32. The third-order valence-corrected chi connectivity index (χ3v) is 4.50. The summed E-state index contributed by atoms with van der Waals surface area (Å²) in [6.45, 7) is 5.24. The Labute approximate surface area is 105 Å². The van der Waals surface area contributed by atoms with Crippen LogP contribution in [0.15, 0.2) is 0 Å². The average Bonchev–Trinajstić information content (AvgIpc) is 3.12. The fourth-order valence-corrected chi connectivity index (χ4v) is 2.87. The average molecular weight is 242 g/mol. The van der Waals surface area contributed by atoms with Gasteiger partial charge in [0.1, 0.15) is 0 Å². The van der Waals surface area contributed by atoms with Crippen LogP contribution in [0.1, 0.15) is 32.1 Å². The highest BCUT2D eigenvalue weighted by molar-refractivity contribution is 7.98. The van der Waals surface area contributed by atoms with E-state index in [1.165, 1.54) is 64.0 Å². The molecule has 2 fully saturated rings. The lowest BCUT2D eigenvalue weighted by molar-refractivity contribution is 0.198. The molecule has 1 heterocycles. The summed E-state index contributed by atoms with van der Waals surface area (Å²) in [5.74, 6) is 2.35. The van der Waals surface area contributed by atoms with Crippen LogP contribution >= 0.6 is 11.8 Å². The van der Waals surface area contributed by atoms with Gasteiger partial charge in [-0.2, -0.15) is 11.8 Å². The molecule has 0 aromatic carbocycles. The molecule has 0 bridgehead atoms. The third kappa shape index (κ3) is 4.64. The number of nitrogens with zero attached hydrogens (tertiary/aromatic N) is 1.